The van der Waals surface area contributed by atoms with E-state index in [0.29, 0.717) is 0 Å². The Kier molecular flexibility index (Phi) is 6.85. The number of hydrogen-bond acceptors (Lipinski definition) is 4. The van der Waals surface area contributed by atoms with E-state index in [1.54, 1.807) is 6.20 Å². The summed E-state index contributed by atoms with van der Waals surface area (Å²) in [5.74, 6) is 0. The Hall–Kier alpha value is -1.24. The van der Waals surface area contributed by atoms with Crippen LogP contribution >= 0.6 is 12.2 Å². The van der Waals surface area contributed by atoms with E-state index in [1.165, 1.54) is 5.56 Å². The van der Waals surface area contributed by atoms with Gasteiger partial charge < -0.3 is 15.0 Å². The summed E-state index contributed by atoms with van der Waals surface area (Å²) in [5.41, 5.74) is 1.18. The van der Waals surface area contributed by atoms with Crippen LogP contribution in [0.2, 0.25) is 0 Å². The Labute approximate surface area is 132 Å². The Bertz CT molecular complexity index is 423. The summed E-state index contributed by atoms with van der Waals surface area (Å²) in [4.78, 5) is 8.81. The molecule has 1 aliphatic rings. The van der Waals surface area contributed by atoms with Crippen LogP contribution in [-0.4, -0.2) is 65.8 Å². The van der Waals surface area contributed by atoms with Crippen LogP contribution < -0.4 is 5.32 Å². The first-order chi connectivity index (χ1) is 10.3. The zero-order valence-corrected chi connectivity index (χ0v) is 13.4. The lowest BCUT2D eigenvalue weighted by Gasteiger charge is -2.31. The van der Waals surface area contributed by atoms with E-state index in [4.69, 9.17) is 17.0 Å². The van der Waals surface area contributed by atoms with Gasteiger partial charge in [-0.05, 0) is 30.8 Å². The van der Waals surface area contributed by atoms with Gasteiger partial charge in [-0.2, -0.15) is 0 Å². The standard InChI is InChI=1S/C15H24N4OS/c1-2-17-15(21)19(13-14-4-3-5-16-12-14)7-6-18-8-10-20-11-9-18/h3-5,12H,2,6-11,13H2,1H3,(H,17,21). The fourth-order valence-electron chi connectivity index (χ4n) is 2.31. The van der Waals surface area contributed by atoms with Crippen molar-refractivity contribution < 1.29 is 4.74 Å². The fraction of sp³-hybridized carbons (Fsp3) is 0.600. The van der Waals surface area contributed by atoms with E-state index in [1.807, 2.05) is 12.3 Å². The molecule has 0 amide bonds. The maximum atomic E-state index is 5.49. The van der Waals surface area contributed by atoms with Crippen molar-refractivity contribution in [1.82, 2.24) is 20.1 Å². The van der Waals surface area contributed by atoms with Crippen LogP contribution in [0.3, 0.4) is 0 Å². The predicted molar refractivity (Wildman–Crippen MR) is 88.2 cm³/mol. The summed E-state index contributed by atoms with van der Waals surface area (Å²) >= 11 is 5.49. The van der Waals surface area contributed by atoms with Crippen molar-refractivity contribution in [1.29, 1.82) is 0 Å². The zero-order chi connectivity index (χ0) is 14.9. The van der Waals surface area contributed by atoms with Gasteiger partial charge in [-0.15, -0.1) is 0 Å². The SMILES string of the molecule is CCNC(=S)N(CCN1CCOCC1)Cc1cccnc1. The second-order valence-corrected chi connectivity index (χ2v) is 5.46. The third-order valence-corrected chi connectivity index (χ3v) is 3.90. The number of nitrogens with zero attached hydrogens (tertiary/aromatic N) is 3. The monoisotopic (exact) mass is 308 g/mol. The van der Waals surface area contributed by atoms with Crippen LogP contribution in [0.25, 0.3) is 0 Å². The van der Waals surface area contributed by atoms with Crippen molar-refractivity contribution in [2.24, 2.45) is 0 Å². The Morgan fingerprint density at radius 1 is 1.48 bits per heavy atom. The highest BCUT2D eigenvalue weighted by molar-refractivity contribution is 7.80. The summed E-state index contributed by atoms with van der Waals surface area (Å²) in [6, 6.07) is 4.05. The van der Waals surface area contributed by atoms with Crippen molar-refractivity contribution in [3.8, 4) is 0 Å². The molecule has 5 nitrogen and oxygen atoms in total. The minimum atomic E-state index is 0.796. The Balaban J connectivity index is 1.89. The molecule has 2 rings (SSSR count). The molecular weight excluding hydrogens is 284 g/mol. The fourth-order valence-corrected chi connectivity index (χ4v) is 2.61. The molecule has 0 spiro atoms. The molecule has 1 aromatic rings. The average Bonchev–Trinajstić information content (AvgIpc) is 2.53. The number of morpholine rings is 1. The molecule has 116 valence electrons. The van der Waals surface area contributed by atoms with Crippen molar-refractivity contribution in [2.75, 3.05) is 45.9 Å². The molecule has 1 aromatic heterocycles. The van der Waals surface area contributed by atoms with Crippen LogP contribution in [-0.2, 0) is 11.3 Å². The molecule has 1 saturated heterocycles. The molecule has 0 radical (unpaired) electrons. The molecule has 0 unspecified atom stereocenters. The Morgan fingerprint density at radius 3 is 2.95 bits per heavy atom. The van der Waals surface area contributed by atoms with Crippen molar-refractivity contribution in [3.05, 3.63) is 30.1 Å². The maximum Gasteiger partial charge on any atom is 0.169 e. The summed E-state index contributed by atoms with van der Waals surface area (Å²) in [6.07, 6.45) is 3.69. The average molecular weight is 308 g/mol. The Morgan fingerprint density at radius 2 is 2.29 bits per heavy atom. The van der Waals surface area contributed by atoms with E-state index < -0.39 is 0 Å². The van der Waals surface area contributed by atoms with Crippen LogP contribution in [0.1, 0.15) is 12.5 Å². The minimum absolute atomic E-state index is 0.796. The van der Waals surface area contributed by atoms with Gasteiger partial charge in [-0.3, -0.25) is 9.88 Å². The van der Waals surface area contributed by atoms with Crippen LogP contribution in [0.5, 0.6) is 0 Å². The molecule has 0 aliphatic carbocycles. The third kappa shape index (κ3) is 5.57. The molecule has 1 aliphatic heterocycles. The van der Waals surface area contributed by atoms with E-state index in [0.717, 1.165) is 57.6 Å². The van der Waals surface area contributed by atoms with Gasteiger partial charge in [-0.25, -0.2) is 0 Å². The van der Waals surface area contributed by atoms with E-state index in [-0.39, 0.29) is 0 Å². The highest BCUT2D eigenvalue weighted by Crippen LogP contribution is 2.05. The lowest BCUT2D eigenvalue weighted by molar-refractivity contribution is 0.0357. The second-order valence-electron chi connectivity index (χ2n) is 5.07. The van der Waals surface area contributed by atoms with Crippen LogP contribution in [0.15, 0.2) is 24.5 Å². The first-order valence-corrected chi connectivity index (χ1v) is 7.92. The van der Waals surface area contributed by atoms with Crippen molar-refractivity contribution >= 4 is 17.3 Å². The maximum absolute atomic E-state index is 5.49. The van der Waals surface area contributed by atoms with Gasteiger partial charge in [-0.1, -0.05) is 6.07 Å². The molecule has 0 bridgehead atoms. The van der Waals surface area contributed by atoms with Gasteiger partial charge in [0.15, 0.2) is 5.11 Å². The minimum Gasteiger partial charge on any atom is -0.379 e. The predicted octanol–water partition coefficient (Wildman–Crippen LogP) is 1.11. The lowest BCUT2D eigenvalue weighted by atomic mass is 10.2. The van der Waals surface area contributed by atoms with Gasteiger partial charge in [0.25, 0.3) is 0 Å². The summed E-state index contributed by atoms with van der Waals surface area (Å²) in [5, 5.41) is 4.06. The zero-order valence-electron chi connectivity index (χ0n) is 12.6. The quantitative estimate of drug-likeness (QED) is 0.794. The summed E-state index contributed by atoms with van der Waals surface area (Å²) in [7, 11) is 0. The second kappa shape index (κ2) is 8.92. The molecular formula is C15H24N4OS. The summed E-state index contributed by atoms with van der Waals surface area (Å²) in [6.45, 7) is 9.32. The topological polar surface area (TPSA) is 40.6 Å². The van der Waals surface area contributed by atoms with Gasteiger partial charge in [0.1, 0.15) is 0 Å². The molecule has 0 saturated carbocycles. The van der Waals surface area contributed by atoms with Crippen molar-refractivity contribution in [2.45, 2.75) is 13.5 Å². The number of aromatic nitrogens is 1. The molecule has 1 N–H and O–H groups in total. The highest BCUT2D eigenvalue weighted by atomic mass is 32.1. The van der Waals surface area contributed by atoms with E-state index in [2.05, 4.69) is 33.1 Å². The first kappa shape index (κ1) is 16.1. The number of rotatable bonds is 6. The number of hydrogen-bond donors (Lipinski definition) is 1. The third-order valence-electron chi connectivity index (χ3n) is 3.50. The summed E-state index contributed by atoms with van der Waals surface area (Å²) < 4.78 is 5.39. The van der Waals surface area contributed by atoms with Gasteiger partial charge in [0.2, 0.25) is 0 Å². The highest BCUT2D eigenvalue weighted by Gasteiger charge is 2.14. The van der Waals surface area contributed by atoms with Crippen LogP contribution in [0.4, 0.5) is 0 Å². The largest absolute Gasteiger partial charge is 0.379 e. The van der Waals surface area contributed by atoms with E-state index in [9.17, 15) is 0 Å². The van der Waals surface area contributed by atoms with Crippen LogP contribution in [0, 0.1) is 0 Å². The molecule has 21 heavy (non-hydrogen) atoms. The molecule has 2 heterocycles. The number of pyridine rings is 1. The molecule has 0 aromatic carbocycles. The molecule has 0 atom stereocenters. The van der Waals surface area contributed by atoms with Gasteiger partial charge in [0.05, 0.1) is 13.2 Å². The van der Waals surface area contributed by atoms with Crippen molar-refractivity contribution in [3.63, 3.8) is 0 Å². The normalized spacial score (nSPS) is 15.7. The smallest absolute Gasteiger partial charge is 0.169 e. The first-order valence-electron chi connectivity index (χ1n) is 7.51. The van der Waals surface area contributed by atoms with Gasteiger partial charge >= 0.3 is 0 Å². The van der Waals surface area contributed by atoms with E-state index >= 15 is 0 Å². The molecule has 1 fully saturated rings. The van der Waals surface area contributed by atoms with Gasteiger partial charge in [0, 0.05) is 51.7 Å². The number of thiocarbonyl (C=S) groups is 1. The lowest BCUT2D eigenvalue weighted by Crippen LogP contribution is -2.45. The number of ether oxygens (including phenoxy) is 1. The number of nitrogens with one attached hydrogen (secondary N) is 1. The molecule has 6 heteroatoms.